The van der Waals surface area contributed by atoms with Crippen LogP contribution >= 0.6 is 0 Å². The van der Waals surface area contributed by atoms with Gasteiger partial charge >= 0.3 is 0 Å². The van der Waals surface area contributed by atoms with Crippen molar-refractivity contribution in [2.24, 2.45) is 0 Å². The third kappa shape index (κ3) is 7.45. The molecule has 6 heteroatoms. The van der Waals surface area contributed by atoms with Gasteiger partial charge in [0, 0.05) is 30.6 Å². The summed E-state index contributed by atoms with van der Waals surface area (Å²) in [6, 6.07) is 0. The predicted octanol–water partition coefficient (Wildman–Crippen LogP) is 1.17. The Morgan fingerprint density at radius 2 is 1.79 bits per heavy atom. The Labute approximate surface area is 146 Å². The number of nitrogens with zero attached hydrogens (tertiary/aromatic N) is 2. The van der Waals surface area contributed by atoms with E-state index in [0.29, 0.717) is 38.3 Å². The van der Waals surface area contributed by atoms with E-state index in [0.717, 1.165) is 24.0 Å². The molecular weight excluding hydrogens is 306 g/mol. The Morgan fingerprint density at radius 3 is 2.33 bits per heavy atom. The van der Waals surface area contributed by atoms with Crippen molar-refractivity contribution in [1.29, 1.82) is 0 Å². The maximum Gasteiger partial charge on any atom is 0.246 e. The topological polar surface area (TPSA) is 58.6 Å². The molecule has 1 aliphatic rings. The molecule has 0 spiro atoms. The van der Waals surface area contributed by atoms with Gasteiger partial charge in [-0.1, -0.05) is 6.58 Å². The lowest BCUT2D eigenvalue weighted by molar-refractivity contribution is -0.890. The van der Waals surface area contributed by atoms with Crippen molar-refractivity contribution in [1.82, 2.24) is 10.2 Å². The molecule has 1 fully saturated rings. The van der Waals surface area contributed by atoms with Gasteiger partial charge in [0.15, 0.2) is 0 Å². The first kappa shape index (κ1) is 20.6. The minimum Gasteiger partial charge on any atom is -0.378 e. The quantitative estimate of drug-likeness (QED) is 0.533. The van der Waals surface area contributed by atoms with Crippen LogP contribution in [0.2, 0.25) is 0 Å². The average molecular weight is 340 g/mol. The monoisotopic (exact) mass is 340 g/mol. The molecule has 0 aromatic heterocycles. The van der Waals surface area contributed by atoms with Crippen molar-refractivity contribution in [3.63, 3.8) is 0 Å². The van der Waals surface area contributed by atoms with Crippen molar-refractivity contribution in [2.75, 3.05) is 53.5 Å². The van der Waals surface area contributed by atoms with Crippen molar-refractivity contribution >= 4 is 11.8 Å². The molecule has 6 nitrogen and oxygen atoms in total. The van der Waals surface area contributed by atoms with Gasteiger partial charge in [-0.15, -0.1) is 0 Å². The van der Waals surface area contributed by atoms with E-state index in [9.17, 15) is 9.59 Å². The molecule has 24 heavy (non-hydrogen) atoms. The van der Waals surface area contributed by atoms with Crippen molar-refractivity contribution in [3.05, 3.63) is 12.2 Å². The first-order valence-electron chi connectivity index (χ1n) is 8.68. The molecule has 1 aliphatic heterocycles. The Hall–Kier alpha value is -1.40. The summed E-state index contributed by atoms with van der Waals surface area (Å²) in [4.78, 5) is 25.9. The summed E-state index contributed by atoms with van der Waals surface area (Å²) >= 11 is 0. The number of carbonyl (C=O) groups is 2. The molecule has 1 N–H and O–H groups in total. The van der Waals surface area contributed by atoms with Crippen LogP contribution in [0, 0.1) is 0 Å². The fourth-order valence-corrected chi connectivity index (χ4v) is 2.54. The molecule has 0 radical (unpaired) electrons. The van der Waals surface area contributed by atoms with Crippen LogP contribution in [0.5, 0.6) is 0 Å². The molecule has 0 bridgehead atoms. The van der Waals surface area contributed by atoms with Gasteiger partial charge in [-0.2, -0.15) is 0 Å². The SMILES string of the molecule is C=C(C)C(=O)NC(C)(C)CC[N+](C)(C)CCC(=O)N1CCOCC1. The fraction of sp³-hybridized carbons (Fsp3) is 0.778. The first-order valence-corrected chi connectivity index (χ1v) is 8.68. The Morgan fingerprint density at radius 1 is 1.21 bits per heavy atom. The van der Waals surface area contributed by atoms with E-state index in [1.165, 1.54) is 0 Å². The molecule has 0 aromatic carbocycles. The highest BCUT2D eigenvalue weighted by Crippen LogP contribution is 2.14. The number of hydrogen-bond donors (Lipinski definition) is 1. The maximum absolute atomic E-state index is 12.3. The van der Waals surface area contributed by atoms with Crippen molar-refractivity contribution in [2.45, 2.75) is 39.2 Å². The molecule has 0 saturated carbocycles. The highest BCUT2D eigenvalue weighted by Gasteiger charge is 2.27. The summed E-state index contributed by atoms with van der Waals surface area (Å²) in [6.45, 7) is 13.8. The molecule has 1 saturated heterocycles. The number of morpholine rings is 1. The smallest absolute Gasteiger partial charge is 0.246 e. The summed E-state index contributed by atoms with van der Waals surface area (Å²) < 4.78 is 6.03. The molecule has 0 aliphatic carbocycles. The molecule has 138 valence electrons. The highest BCUT2D eigenvalue weighted by atomic mass is 16.5. The number of carbonyl (C=O) groups excluding carboxylic acids is 2. The molecule has 0 atom stereocenters. The van der Waals surface area contributed by atoms with Crippen LogP contribution in [-0.2, 0) is 14.3 Å². The molecular formula is C18H34N3O3+. The third-order valence-electron chi connectivity index (χ3n) is 4.48. The van der Waals surface area contributed by atoms with Gasteiger partial charge in [0.2, 0.25) is 11.8 Å². The van der Waals surface area contributed by atoms with E-state index in [1.807, 2.05) is 18.7 Å². The predicted molar refractivity (Wildman–Crippen MR) is 95.5 cm³/mol. The van der Waals surface area contributed by atoms with Gasteiger partial charge < -0.3 is 19.4 Å². The zero-order valence-electron chi connectivity index (χ0n) is 16.0. The summed E-state index contributed by atoms with van der Waals surface area (Å²) in [5.41, 5.74) is 0.229. The Bertz CT molecular complexity index is 466. The maximum atomic E-state index is 12.3. The van der Waals surface area contributed by atoms with E-state index in [-0.39, 0.29) is 17.4 Å². The molecule has 0 aromatic rings. The Balaban J connectivity index is 2.40. The number of ether oxygens (including phenoxy) is 1. The van der Waals surface area contributed by atoms with E-state index in [1.54, 1.807) is 6.92 Å². The van der Waals surface area contributed by atoms with Gasteiger partial charge in [-0.25, -0.2) is 0 Å². The van der Waals surface area contributed by atoms with Crippen LogP contribution in [0.15, 0.2) is 12.2 Å². The van der Waals surface area contributed by atoms with Crippen LogP contribution in [0.4, 0.5) is 0 Å². The van der Waals surface area contributed by atoms with Crippen LogP contribution in [0.3, 0.4) is 0 Å². The number of hydrogen-bond acceptors (Lipinski definition) is 3. The molecule has 1 rings (SSSR count). The number of amides is 2. The second-order valence-corrected chi connectivity index (χ2v) is 7.99. The van der Waals surface area contributed by atoms with Crippen LogP contribution in [0.25, 0.3) is 0 Å². The summed E-state index contributed by atoms with van der Waals surface area (Å²) in [5, 5.41) is 3.01. The minimum atomic E-state index is -0.292. The van der Waals surface area contributed by atoms with Crippen LogP contribution in [-0.4, -0.2) is 80.2 Å². The van der Waals surface area contributed by atoms with Gasteiger partial charge in [-0.05, 0) is 20.8 Å². The summed E-state index contributed by atoms with van der Waals surface area (Å²) in [7, 11) is 4.26. The number of quaternary nitrogens is 1. The van der Waals surface area contributed by atoms with E-state index >= 15 is 0 Å². The van der Waals surface area contributed by atoms with Gasteiger partial charge in [0.25, 0.3) is 0 Å². The first-order chi connectivity index (χ1) is 11.0. The third-order valence-corrected chi connectivity index (χ3v) is 4.48. The van der Waals surface area contributed by atoms with Crippen molar-refractivity contribution < 1.29 is 18.8 Å². The van der Waals surface area contributed by atoms with Gasteiger partial charge in [0.1, 0.15) is 0 Å². The van der Waals surface area contributed by atoms with Crippen molar-refractivity contribution in [3.8, 4) is 0 Å². The minimum absolute atomic E-state index is 0.104. The summed E-state index contributed by atoms with van der Waals surface area (Å²) in [6.07, 6.45) is 1.39. The lowest BCUT2D eigenvalue weighted by Crippen LogP contribution is -2.50. The lowest BCUT2D eigenvalue weighted by atomic mass is 9.99. The average Bonchev–Trinajstić information content (AvgIpc) is 2.51. The molecule has 2 amide bonds. The number of rotatable bonds is 8. The van der Waals surface area contributed by atoms with Gasteiger partial charge in [0.05, 0.1) is 46.8 Å². The Kier molecular flexibility index (Phi) is 7.42. The second-order valence-electron chi connectivity index (χ2n) is 7.99. The fourth-order valence-electron chi connectivity index (χ4n) is 2.54. The van der Waals surface area contributed by atoms with Crippen LogP contribution < -0.4 is 5.32 Å². The second kappa shape index (κ2) is 8.62. The van der Waals surface area contributed by atoms with E-state index in [2.05, 4.69) is 26.0 Å². The summed E-state index contributed by atoms with van der Waals surface area (Å²) in [5.74, 6) is 0.104. The van der Waals surface area contributed by atoms with Gasteiger partial charge in [-0.3, -0.25) is 9.59 Å². The standard InChI is InChI=1S/C18H33N3O3/c1-15(2)17(23)19-18(3,4)8-12-21(5,6)11-7-16(22)20-9-13-24-14-10-20/h1,7-14H2,2-6H3/p+1. The largest absolute Gasteiger partial charge is 0.378 e. The lowest BCUT2D eigenvalue weighted by Gasteiger charge is -2.35. The highest BCUT2D eigenvalue weighted by molar-refractivity contribution is 5.92. The normalized spacial score (nSPS) is 16.0. The zero-order chi connectivity index (χ0) is 18.4. The molecule has 1 heterocycles. The molecule has 0 unspecified atom stereocenters. The van der Waals surface area contributed by atoms with Crippen LogP contribution in [0.1, 0.15) is 33.6 Å². The zero-order valence-corrected chi connectivity index (χ0v) is 16.0. The number of nitrogens with one attached hydrogen (secondary N) is 1. The van der Waals surface area contributed by atoms with E-state index < -0.39 is 0 Å². The van der Waals surface area contributed by atoms with E-state index in [4.69, 9.17) is 4.74 Å².